The lowest BCUT2D eigenvalue weighted by atomic mass is 10.1. The molecule has 13 heteroatoms. The smallest absolute Gasteiger partial charge is 0.426 e. The zero-order valence-electron chi connectivity index (χ0n) is 22.8. The lowest BCUT2D eigenvalue weighted by Crippen LogP contribution is -2.47. The Morgan fingerprint density at radius 1 is 1.07 bits per heavy atom. The Hall–Kier alpha value is -3.52. The molecule has 0 spiro atoms. The summed E-state index contributed by atoms with van der Waals surface area (Å²) in [7, 11) is 1.63. The Morgan fingerprint density at radius 3 is 2.68 bits per heavy atom. The Labute approximate surface area is 247 Å². The van der Waals surface area contributed by atoms with Crippen LogP contribution in [0.4, 0.5) is 4.79 Å². The standard InChI is InChI=1S/C28H33N5O6S2/c1-36-23-13-20(14-24-27(23)39-19-38-24)15-33-9-7-32(8-10-33)11-12-37-28(35)31-30-25(34)17-40-18-26-29-22(16-41-26)21-5-3-2-4-6-21/h2-6,13-14,16H,7-12,15,17-19H2,1H3,(H,30,34)(H,31,35). The molecule has 3 aromatic rings. The van der Waals surface area contributed by atoms with Crippen molar-refractivity contribution >= 4 is 35.1 Å². The number of fused-ring (bicyclic) bond motifs is 1. The SMILES string of the molecule is COc1cc(CN2CCN(CCOC(=O)NNC(=O)CSCc3nc(-c4ccccc4)cs3)CC2)cc2c1OCO2. The van der Waals surface area contributed by atoms with Gasteiger partial charge in [-0.3, -0.25) is 20.0 Å². The van der Waals surface area contributed by atoms with Crippen molar-refractivity contribution in [3.8, 4) is 28.5 Å². The molecular formula is C28H33N5O6S2. The normalized spacial score (nSPS) is 15.0. The van der Waals surface area contributed by atoms with Crippen LogP contribution in [0.25, 0.3) is 11.3 Å². The summed E-state index contributed by atoms with van der Waals surface area (Å²) in [6.45, 7) is 5.39. The van der Waals surface area contributed by atoms with Crippen molar-refractivity contribution in [3.63, 3.8) is 0 Å². The molecule has 2 aliphatic heterocycles. The maximum atomic E-state index is 12.1. The highest BCUT2D eigenvalue weighted by molar-refractivity contribution is 7.99. The van der Waals surface area contributed by atoms with E-state index in [1.54, 1.807) is 18.4 Å². The number of amides is 2. The van der Waals surface area contributed by atoms with Crippen LogP contribution >= 0.6 is 23.1 Å². The van der Waals surface area contributed by atoms with Crippen LogP contribution in [-0.4, -0.2) is 85.8 Å². The first-order chi connectivity index (χ1) is 20.1. The van der Waals surface area contributed by atoms with Gasteiger partial charge in [-0.25, -0.2) is 15.2 Å². The maximum absolute atomic E-state index is 12.1. The third-order valence-electron chi connectivity index (χ3n) is 6.61. The highest BCUT2D eigenvalue weighted by Gasteiger charge is 2.22. The summed E-state index contributed by atoms with van der Waals surface area (Å²) in [5.41, 5.74) is 7.82. The summed E-state index contributed by atoms with van der Waals surface area (Å²) in [6, 6.07) is 14.0. The van der Waals surface area contributed by atoms with E-state index in [0.29, 0.717) is 23.8 Å². The van der Waals surface area contributed by atoms with Crippen LogP contribution in [0.5, 0.6) is 17.2 Å². The van der Waals surface area contributed by atoms with E-state index in [-0.39, 0.29) is 25.1 Å². The number of ether oxygens (including phenoxy) is 4. The number of hydrogen-bond acceptors (Lipinski definition) is 11. The Morgan fingerprint density at radius 2 is 1.88 bits per heavy atom. The van der Waals surface area contributed by atoms with Gasteiger partial charge in [0, 0.05) is 56.0 Å². The molecule has 2 N–H and O–H groups in total. The summed E-state index contributed by atoms with van der Waals surface area (Å²) >= 11 is 3.00. The predicted octanol–water partition coefficient (Wildman–Crippen LogP) is 3.36. The molecule has 2 aliphatic rings. The van der Waals surface area contributed by atoms with Crippen molar-refractivity contribution < 1.29 is 28.5 Å². The number of carbonyl (C=O) groups excluding carboxylic acids is 2. The van der Waals surface area contributed by atoms with Crippen LogP contribution < -0.4 is 25.1 Å². The van der Waals surface area contributed by atoms with Crippen LogP contribution in [0.2, 0.25) is 0 Å². The van der Waals surface area contributed by atoms with Gasteiger partial charge in [0.1, 0.15) is 11.6 Å². The van der Waals surface area contributed by atoms with E-state index in [1.165, 1.54) is 11.8 Å². The molecule has 1 aromatic heterocycles. The summed E-state index contributed by atoms with van der Waals surface area (Å²) < 4.78 is 21.7. The van der Waals surface area contributed by atoms with E-state index < -0.39 is 6.09 Å². The second-order valence-corrected chi connectivity index (χ2v) is 11.4. The second kappa shape index (κ2) is 14.4. The molecule has 0 bridgehead atoms. The van der Waals surface area contributed by atoms with Gasteiger partial charge < -0.3 is 18.9 Å². The van der Waals surface area contributed by atoms with Crippen molar-refractivity contribution in [1.82, 2.24) is 25.6 Å². The molecule has 2 aromatic carbocycles. The number of nitrogens with zero attached hydrogens (tertiary/aromatic N) is 3. The number of benzene rings is 2. The number of aromatic nitrogens is 1. The molecule has 0 unspecified atom stereocenters. The summed E-state index contributed by atoms with van der Waals surface area (Å²) in [6.07, 6.45) is -0.675. The van der Waals surface area contributed by atoms with Gasteiger partial charge in [0.15, 0.2) is 11.5 Å². The monoisotopic (exact) mass is 599 g/mol. The van der Waals surface area contributed by atoms with Gasteiger partial charge in [0.25, 0.3) is 0 Å². The lowest BCUT2D eigenvalue weighted by molar-refractivity contribution is -0.119. The van der Waals surface area contributed by atoms with E-state index >= 15 is 0 Å². The third kappa shape index (κ3) is 8.26. The highest BCUT2D eigenvalue weighted by atomic mass is 32.2. The zero-order valence-corrected chi connectivity index (χ0v) is 24.4. The molecule has 3 heterocycles. The Kier molecular flexibility index (Phi) is 10.2. The first kappa shape index (κ1) is 29.0. The van der Waals surface area contributed by atoms with E-state index in [4.69, 9.17) is 18.9 Å². The molecule has 1 fully saturated rings. The topological polar surface area (TPSA) is 114 Å². The van der Waals surface area contributed by atoms with E-state index in [9.17, 15) is 9.59 Å². The maximum Gasteiger partial charge on any atom is 0.426 e. The number of hydrazine groups is 1. The van der Waals surface area contributed by atoms with Crippen LogP contribution in [-0.2, 0) is 21.8 Å². The van der Waals surface area contributed by atoms with Gasteiger partial charge in [-0.05, 0) is 17.7 Å². The number of carbonyl (C=O) groups is 2. The van der Waals surface area contributed by atoms with Gasteiger partial charge in [0.2, 0.25) is 18.4 Å². The Balaban J connectivity index is 0.920. The minimum Gasteiger partial charge on any atom is -0.493 e. The van der Waals surface area contributed by atoms with Gasteiger partial charge in [-0.1, -0.05) is 30.3 Å². The Bertz CT molecular complexity index is 1320. The van der Waals surface area contributed by atoms with Gasteiger partial charge in [-0.15, -0.1) is 23.1 Å². The number of nitrogens with one attached hydrogen (secondary N) is 2. The molecule has 0 aliphatic carbocycles. The van der Waals surface area contributed by atoms with Crippen molar-refractivity contribution in [2.24, 2.45) is 0 Å². The zero-order chi connectivity index (χ0) is 28.4. The number of hydrogen-bond donors (Lipinski definition) is 2. The average Bonchev–Trinajstić information content (AvgIpc) is 3.67. The molecule has 5 rings (SSSR count). The van der Waals surface area contributed by atoms with Crippen LogP contribution in [0.1, 0.15) is 10.6 Å². The average molecular weight is 600 g/mol. The fourth-order valence-corrected chi connectivity index (χ4v) is 6.22. The largest absolute Gasteiger partial charge is 0.493 e. The summed E-state index contributed by atoms with van der Waals surface area (Å²) in [4.78, 5) is 33.3. The first-order valence-electron chi connectivity index (χ1n) is 13.3. The third-order valence-corrected chi connectivity index (χ3v) is 8.59. The van der Waals surface area contributed by atoms with Crippen molar-refractivity contribution in [1.29, 1.82) is 0 Å². The minimum absolute atomic E-state index is 0.198. The highest BCUT2D eigenvalue weighted by Crippen LogP contribution is 2.42. The first-order valence-corrected chi connectivity index (χ1v) is 15.3. The lowest BCUT2D eigenvalue weighted by Gasteiger charge is -2.34. The summed E-state index contributed by atoms with van der Waals surface area (Å²) in [5, 5.41) is 2.96. The van der Waals surface area contributed by atoms with Crippen LogP contribution in [0, 0.1) is 0 Å². The van der Waals surface area contributed by atoms with E-state index in [2.05, 4.69) is 25.6 Å². The number of thiazole rings is 1. The number of piperazine rings is 1. The van der Waals surface area contributed by atoms with E-state index in [1.807, 2.05) is 47.8 Å². The fourth-order valence-electron chi connectivity index (χ4n) is 4.51. The molecule has 1 saturated heterocycles. The van der Waals surface area contributed by atoms with Crippen LogP contribution in [0.3, 0.4) is 0 Å². The predicted molar refractivity (Wildman–Crippen MR) is 157 cm³/mol. The minimum atomic E-state index is -0.675. The van der Waals surface area contributed by atoms with Gasteiger partial charge in [-0.2, -0.15) is 0 Å². The molecule has 0 saturated carbocycles. The fraction of sp³-hybridized carbons (Fsp3) is 0.393. The van der Waals surface area contributed by atoms with Crippen molar-refractivity contribution in [3.05, 3.63) is 58.4 Å². The molecule has 218 valence electrons. The molecule has 0 radical (unpaired) electrons. The second-order valence-electron chi connectivity index (χ2n) is 9.44. The van der Waals surface area contributed by atoms with Crippen molar-refractivity contribution in [2.75, 3.05) is 59.0 Å². The number of thioether (sulfide) groups is 1. The van der Waals surface area contributed by atoms with Crippen LogP contribution in [0.15, 0.2) is 47.8 Å². The van der Waals surface area contributed by atoms with Gasteiger partial charge >= 0.3 is 6.09 Å². The number of methoxy groups -OCH3 is 1. The molecule has 41 heavy (non-hydrogen) atoms. The molecule has 0 atom stereocenters. The van der Waals surface area contributed by atoms with E-state index in [0.717, 1.165) is 60.3 Å². The molecule has 2 amide bonds. The summed E-state index contributed by atoms with van der Waals surface area (Å²) in [5.74, 6) is 2.58. The molecule has 11 nitrogen and oxygen atoms in total. The van der Waals surface area contributed by atoms with Gasteiger partial charge in [0.05, 0.1) is 18.6 Å². The van der Waals surface area contributed by atoms with Crippen molar-refractivity contribution in [2.45, 2.75) is 12.3 Å². The quantitative estimate of drug-likeness (QED) is 0.318. The molecular weight excluding hydrogens is 566 g/mol. The number of rotatable bonds is 11.